The van der Waals surface area contributed by atoms with E-state index in [0.29, 0.717) is 24.4 Å². The van der Waals surface area contributed by atoms with Gasteiger partial charge in [0.2, 0.25) is 5.91 Å². The Hall–Kier alpha value is -2.08. The van der Waals surface area contributed by atoms with Crippen LogP contribution in [-0.2, 0) is 16.1 Å². The Morgan fingerprint density at radius 2 is 1.93 bits per heavy atom. The zero-order valence-electron chi connectivity index (χ0n) is 18.8. The van der Waals surface area contributed by atoms with E-state index in [2.05, 4.69) is 26.1 Å². The summed E-state index contributed by atoms with van der Waals surface area (Å²) in [6, 6.07) is 9.56. The largest absolute Gasteiger partial charge is 0.445 e. The van der Waals surface area contributed by atoms with E-state index >= 15 is 0 Å². The predicted molar refractivity (Wildman–Crippen MR) is 120 cm³/mol. The Morgan fingerprint density at radius 3 is 2.63 bits per heavy atom. The molecule has 1 aliphatic heterocycles. The van der Waals surface area contributed by atoms with Gasteiger partial charge in [-0.25, -0.2) is 4.79 Å². The number of rotatable bonds is 11. The van der Waals surface area contributed by atoms with E-state index in [-0.39, 0.29) is 24.6 Å². The molecule has 0 radical (unpaired) electrons. The van der Waals surface area contributed by atoms with Crippen molar-refractivity contribution in [1.82, 2.24) is 10.2 Å². The predicted octanol–water partition coefficient (Wildman–Crippen LogP) is 4.08. The molecule has 1 aromatic rings. The fourth-order valence-electron chi connectivity index (χ4n) is 4.16. The zero-order valence-corrected chi connectivity index (χ0v) is 18.8. The first-order chi connectivity index (χ1) is 14.4. The maximum atomic E-state index is 12.8. The summed E-state index contributed by atoms with van der Waals surface area (Å²) in [5.74, 6) is 1.07. The summed E-state index contributed by atoms with van der Waals surface area (Å²) in [7, 11) is 0. The molecule has 1 saturated heterocycles. The minimum Gasteiger partial charge on any atom is -0.445 e. The van der Waals surface area contributed by atoms with Crippen LogP contribution in [0.5, 0.6) is 0 Å². The lowest BCUT2D eigenvalue weighted by atomic mass is 10.0. The summed E-state index contributed by atoms with van der Waals surface area (Å²) in [6.07, 6.45) is 5.39. The molecule has 168 valence electrons. The molecule has 1 aromatic carbocycles. The Morgan fingerprint density at radius 1 is 1.20 bits per heavy atom. The first kappa shape index (κ1) is 24.2. The average molecular weight is 418 g/mol. The molecule has 6 nitrogen and oxygen atoms in total. The summed E-state index contributed by atoms with van der Waals surface area (Å²) in [5, 5.41) is 2.81. The number of nitrogens with two attached hydrogens (primary N) is 1. The van der Waals surface area contributed by atoms with Gasteiger partial charge < -0.3 is 20.7 Å². The molecule has 0 aliphatic carbocycles. The molecular formula is C24H39N3O3. The van der Waals surface area contributed by atoms with Crippen LogP contribution in [0.25, 0.3) is 0 Å². The van der Waals surface area contributed by atoms with Crippen molar-refractivity contribution in [3.8, 4) is 0 Å². The van der Waals surface area contributed by atoms with Crippen LogP contribution in [0.1, 0.15) is 64.9 Å². The highest BCUT2D eigenvalue weighted by molar-refractivity contribution is 5.82. The number of carbonyl (C=O) groups excluding carboxylic acids is 2. The number of ether oxygens (including phenoxy) is 1. The number of unbranched alkanes of at least 4 members (excludes halogenated alkanes) is 2. The molecule has 0 saturated carbocycles. The van der Waals surface area contributed by atoms with Crippen molar-refractivity contribution in [3.05, 3.63) is 35.9 Å². The van der Waals surface area contributed by atoms with Crippen molar-refractivity contribution >= 4 is 12.0 Å². The number of nitrogens with zero attached hydrogens (tertiary/aromatic N) is 1. The third kappa shape index (κ3) is 8.34. The van der Waals surface area contributed by atoms with Crippen LogP contribution in [0, 0.1) is 11.8 Å². The number of nitrogens with one attached hydrogen (secondary N) is 1. The number of benzene rings is 1. The molecule has 1 aliphatic rings. The van der Waals surface area contributed by atoms with Crippen molar-refractivity contribution < 1.29 is 14.3 Å². The SMILES string of the molecule is CC(C)C[C@H](N)C(=O)N1CC(C)C[C@@H]1CCCCCNC(=O)OCc1ccccc1. The average Bonchev–Trinajstić information content (AvgIpc) is 3.09. The van der Waals surface area contributed by atoms with E-state index in [1.165, 1.54) is 0 Å². The molecule has 0 bridgehead atoms. The molecule has 0 spiro atoms. The van der Waals surface area contributed by atoms with E-state index < -0.39 is 0 Å². The van der Waals surface area contributed by atoms with E-state index in [0.717, 1.165) is 50.6 Å². The van der Waals surface area contributed by atoms with Gasteiger partial charge in [0.1, 0.15) is 6.61 Å². The molecule has 2 rings (SSSR count). The monoisotopic (exact) mass is 417 g/mol. The van der Waals surface area contributed by atoms with Gasteiger partial charge >= 0.3 is 6.09 Å². The zero-order chi connectivity index (χ0) is 21.9. The van der Waals surface area contributed by atoms with Crippen molar-refractivity contribution in [1.29, 1.82) is 0 Å². The maximum Gasteiger partial charge on any atom is 0.407 e. The van der Waals surface area contributed by atoms with Gasteiger partial charge in [0, 0.05) is 19.1 Å². The molecular weight excluding hydrogens is 378 g/mol. The van der Waals surface area contributed by atoms with E-state index in [1.807, 2.05) is 35.2 Å². The molecule has 3 atom stereocenters. The van der Waals surface area contributed by atoms with Gasteiger partial charge in [-0.2, -0.15) is 0 Å². The summed E-state index contributed by atoms with van der Waals surface area (Å²) >= 11 is 0. The molecule has 2 amide bonds. The quantitative estimate of drug-likeness (QED) is 0.531. The van der Waals surface area contributed by atoms with Crippen LogP contribution < -0.4 is 11.1 Å². The first-order valence-corrected chi connectivity index (χ1v) is 11.4. The van der Waals surface area contributed by atoms with Crippen molar-refractivity contribution in [2.45, 2.75) is 78.0 Å². The molecule has 0 aromatic heterocycles. The topological polar surface area (TPSA) is 84.7 Å². The van der Waals surface area contributed by atoms with Crippen LogP contribution in [0.3, 0.4) is 0 Å². The first-order valence-electron chi connectivity index (χ1n) is 11.4. The Bertz CT molecular complexity index is 650. The number of carbonyl (C=O) groups is 2. The van der Waals surface area contributed by atoms with Crippen LogP contribution >= 0.6 is 0 Å². The number of amides is 2. The van der Waals surface area contributed by atoms with Crippen molar-refractivity contribution in [2.75, 3.05) is 13.1 Å². The second kappa shape index (κ2) is 12.6. The van der Waals surface area contributed by atoms with Crippen LogP contribution in [0.15, 0.2) is 30.3 Å². The van der Waals surface area contributed by atoms with Crippen molar-refractivity contribution in [2.24, 2.45) is 17.6 Å². The third-order valence-corrected chi connectivity index (χ3v) is 5.65. The minimum absolute atomic E-state index is 0.112. The Kier molecular flexibility index (Phi) is 10.1. The van der Waals surface area contributed by atoms with Gasteiger partial charge in [0.25, 0.3) is 0 Å². The van der Waals surface area contributed by atoms with E-state index in [4.69, 9.17) is 10.5 Å². The van der Waals surface area contributed by atoms with Gasteiger partial charge in [-0.05, 0) is 43.1 Å². The highest BCUT2D eigenvalue weighted by atomic mass is 16.5. The van der Waals surface area contributed by atoms with E-state index in [9.17, 15) is 9.59 Å². The van der Waals surface area contributed by atoms with Gasteiger partial charge in [0.05, 0.1) is 6.04 Å². The normalized spacial score (nSPS) is 19.7. The molecule has 1 heterocycles. The number of hydrogen-bond donors (Lipinski definition) is 2. The maximum absolute atomic E-state index is 12.8. The molecule has 1 fully saturated rings. The summed E-state index contributed by atoms with van der Waals surface area (Å²) in [5.41, 5.74) is 7.12. The Labute approximate surface area is 181 Å². The standard InChI is InChI=1S/C24H39N3O3/c1-18(2)14-22(25)23(28)27-16-19(3)15-21(27)12-8-5-9-13-26-24(29)30-17-20-10-6-4-7-11-20/h4,6-7,10-11,18-19,21-22H,5,8-9,12-17,25H2,1-3H3,(H,26,29)/t19?,21-,22-/m0/s1. The number of hydrogen-bond acceptors (Lipinski definition) is 4. The third-order valence-electron chi connectivity index (χ3n) is 5.65. The second-order valence-corrected chi connectivity index (χ2v) is 9.06. The van der Waals surface area contributed by atoms with Crippen LogP contribution in [0.2, 0.25) is 0 Å². The molecule has 30 heavy (non-hydrogen) atoms. The fraction of sp³-hybridized carbons (Fsp3) is 0.667. The lowest BCUT2D eigenvalue weighted by Gasteiger charge is -2.28. The van der Waals surface area contributed by atoms with Gasteiger partial charge in [-0.1, -0.05) is 63.9 Å². The molecule has 3 N–H and O–H groups in total. The summed E-state index contributed by atoms with van der Waals surface area (Å²) in [6.45, 7) is 8.13. The minimum atomic E-state index is -0.385. The second-order valence-electron chi connectivity index (χ2n) is 9.06. The van der Waals surface area contributed by atoms with Crippen LogP contribution in [-0.4, -0.2) is 42.1 Å². The fourth-order valence-corrected chi connectivity index (χ4v) is 4.16. The number of likely N-dealkylation sites (tertiary alicyclic amines) is 1. The Balaban J connectivity index is 1.60. The lowest BCUT2D eigenvalue weighted by molar-refractivity contribution is -0.134. The van der Waals surface area contributed by atoms with Gasteiger partial charge in [0.15, 0.2) is 0 Å². The van der Waals surface area contributed by atoms with Crippen molar-refractivity contribution in [3.63, 3.8) is 0 Å². The summed E-state index contributed by atoms with van der Waals surface area (Å²) < 4.78 is 5.21. The smallest absolute Gasteiger partial charge is 0.407 e. The summed E-state index contributed by atoms with van der Waals surface area (Å²) in [4.78, 5) is 26.5. The van der Waals surface area contributed by atoms with Gasteiger partial charge in [-0.15, -0.1) is 0 Å². The highest BCUT2D eigenvalue weighted by Gasteiger charge is 2.34. The molecule has 1 unspecified atom stereocenters. The van der Waals surface area contributed by atoms with Gasteiger partial charge in [-0.3, -0.25) is 4.79 Å². The van der Waals surface area contributed by atoms with Crippen LogP contribution in [0.4, 0.5) is 4.79 Å². The lowest BCUT2D eigenvalue weighted by Crippen LogP contribution is -2.46. The molecule has 6 heteroatoms. The number of alkyl carbamates (subject to hydrolysis) is 1. The highest BCUT2D eigenvalue weighted by Crippen LogP contribution is 2.27. The van der Waals surface area contributed by atoms with E-state index in [1.54, 1.807) is 0 Å².